The number of rotatable bonds is 8. The van der Waals surface area contributed by atoms with E-state index in [2.05, 4.69) is 10.1 Å². The van der Waals surface area contributed by atoms with Gasteiger partial charge in [0.15, 0.2) is 5.11 Å². The van der Waals surface area contributed by atoms with Crippen molar-refractivity contribution >= 4 is 40.8 Å². The first-order valence-electron chi connectivity index (χ1n) is 8.62. The van der Waals surface area contributed by atoms with Crippen LogP contribution in [0.1, 0.15) is 20.3 Å². The van der Waals surface area contributed by atoms with Gasteiger partial charge in [0.05, 0.1) is 20.1 Å². The molecule has 146 valence electrons. The fourth-order valence-corrected chi connectivity index (χ4v) is 3.17. The van der Waals surface area contributed by atoms with Crippen molar-refractivity contribution in [2.75, 3.05) is 32.1 Å². The molecule has 9 heteroatoms. The zero-order valence-electron chi connectivity index (χ0n) is 15.6. The van der Waals surface area contributed by atoms with Gasteiger partial charge >= 0.3 is 5.97 Å². The van der Waals surface area contributed by atoms with Crippen LogP contribution in [0.3, 0.4) is 0 Å². The van der Waals surface area contributed by atoms with E-state index in [9.17, 15) is 14.4 Å². The van der Waals surface area contributed by atoms with E-state index in [1.54, 1.807) is 31.2 Å². The maximum Gasteiger partial charge on any atom is 0.325 e. The minimum atomic E-state index is -0.834. The first-order chi connectivity index (χ1) is 12.9. The van der Waals surface area contributed by atoms with E-state index in [4.69, 9.17) is 17.0 Å². The van der Waals surface area contributed by atoms with Crippen molar-refractivity contribution < 1.29 is 23.9 Å². The van der Waals surface area contributed by atoms with E-state index in [1.807, 2.05) is 6.92 Å². The van der Waals surface area contributed by atoms with Crippen molar-refractivity contribution in [1.29, 1.82) is 0 Å². The number of nitrogens with zero attached hydrogens (tertiary/aromatic N) is 2. The van der Waals surface area contributed by atoms with Crippen molar-refractivity contribution in [2.45, 2.75) is 26.3 Å². The van der Waals surface area contributed by atoms with Crippen LogP contribution in [-0.2, 0) is 19.1 Å². The molecule has 1 fully saturated rings. The zero-order chi connectivity index (χ0) is 20.0. The fraction of sp³-hybridized carbons (Fsp3) is 0.444. The fourth-order valence-electron chi connectivity index (χ4n) is 2.75. The van der Waals surface area contributed by atoms with Gasteiger partial charge in [0.1, 0.15) is 18.3 Å². The van der Waals surface area contributed by atoms with Gasteiger partial charge in [0, 0.05) is 12.2 Å². The Morgan fingerprint density at radius 1 is 1.22 bits per heavy atom. The summed E-state index contributed by atoms with van der Waals surface area (Å²) in [6, 6.07) is 6.09. The minimum absolute atomic E-state index is 0.125. The Morgan fingerprint density at radius 2 is 1.89 bits per heavy atom. The number of benzene rings is 1. The third kappa shape index (κ3) is 4.94. The summed E-state index contributed by atoms with van der Waals surface area (Å²) in [6.45, 7) is 4.41. The Balaban J connectivity index is 2.07. The van der Waals surface area contributed by atoms with Crippen LogP contribution in [0.2, 0.25) is 0 Å². The first-order valence-corrected chi connectivity index (χ1v) is 9.03. The molecule has 1 aromatic rings. The third-order valence-electron chi connectivity index (χ3n) is 4.08. The van der Waals surface area contributed by atoms with Gasteiger partial charge < -0.3 is 19.7 Å². The van der Waals surface area contributed by atoms with E-state index in [-0.39, 0.29) is 29.9 Å². The van der Waals surface area contributed by atoms with Gasteiger partial charge in [-0.2, -0.15) is 0 Å². The van der Waals surface area contributed by atoms with Gasteiger partial charge in [-0.25, -0.2) is 0 Å². The molecule has 1 N–H and O–H groups in total. The molecule has 0 aliphatic carbocycles. The number of nitrogens with one attached hydrogen (secondary N) is 1. The van der Waals surface area contributed by atoms with Gasteiger partial charge in [-0.15, -0.1) is 0 Å². The van der Waals surface area contributed by atoms with Crippen molar-refractivity contribution in [3.8, 4) is 5.75 Å². The number of likely N-dealkylation sites (N-methyl/N-ethyl adjacent to an activating group) is 1. The first kappa shape index (κ1) is 20.6. The second-order valence-corrected chi connectivity index (χ2v) is 6.16. The van der Waals surface area contributed by atoms with E-state index in [0.29, 0.717) is 24.6 Å². The number of ether oxygens (including phenoxy) is 2. The SMILES string of the molecule is CCOc1ccc(NC(=O)CC2C(=O)N(CC)C(=S)N2CC(=O)OC)cc1. The van der Waals surface area contributed by atoms with Crippen LogP contribution in [-0.4, -0.2) is 65.5 Å². The second-order valence-electron chi connectivity index (χ2n) is 5.79. The lowest BCUT2D eigenvalue weighted by molar-refractivity contribution is -0.141. The maximum atomic E-state index is 12.6. The smallest absolute Gasteiger partial charge is 0.325 e. The predicted octanol–water partition coefficient (Wildman–Crippen LogP) is 1.40. The van der Waals surface area contributed by atoms with Crippen LogP contribution in [0.15, 0.2) is 24.3 Å². The minimum Gasteiger partial charge on any atom is -0.494 e. The molecule has 27 heavy (non-hydrogen) atoms. The summed E-state index contributed by atoms with van der Waals surface area (Å²) in [5.41, 5.74) is 0.586. The normalized spacial score (nSPS) is 16.5. The third-order valence-corrected chi connectivity index (χ3v) is 4.53. The van der Waals surface area contributed by atoms with E-state index >= 15 is 0 Å². The molecule has 1 aliphatic rings. The summed E-state index contributed by atoms with van der Waals surface area (Å²) >= 11 is 5.28. The highest BCUT2D eigenvalue weighted by Crippen LogP contribution is 2.22. The Kier molecular flexibility index (Phi) is 7.12. The highest BCUT2D eigenvalue weighted by Gasteiger charge is 2.43. The van der Waals surface area contributed by atoms with Crippen molar-refractivity contribution in [1.82, 2.24) is 9.80 Å². The molecule has 0 radical (unpaired) electrons. The number of carbonyl (C=O) groups excluding carboxylic acids is 3. The molecule has 8 nitrogen and oxygen atoms in total. The lowest BCUT2D eigenvalue weighted by atomic mass is 10.1. The number of esters is 1. The molecule has 1 atom stereocenters. The molecule has 0 aromatic heterocycles. The summed E-state index contributed by atoms with van der Waals surface area (Å²) in [4.78, 5) is 39.5. The van der Waals surface area contributed by atoms with Crippen molar-refractivity contribution in [3.63, 3.8) is 0 Å². The lowest BCUT2D eigenvalue weighted by Crippen LogP contribution is -2.41. The summed E-state index contributed by atoms with van der Waals surface area (Å²) in [5, 5.41) is 2.97. The molecule has 1 saturated heterocycles. The van der Waals surface area contributed by atoms with Crippen LogP contribution in [0.25, 0.3) is 0 Å². The molecular weight excluding hydrogens is 370 g/mol. The number of methoxy groups -OCH3 is 1. The highest BCUT2D eigenvalue weighted by molar-refractivity contribution is 7.80. The largest absolute Gasteiger partial charge is 0.494 e. The molecule has 0 spiro atoms. The standard InChI is InChI=1S/C18H23N3O5S/c1-4-20-17(24)14(21(18(20)27)11-16(23)25-3)10-15(22)19-12-6-8-13(9-7-12)26-5-2/h6-9,14H,4-5,10-11H2,1-3H3,(H,19,22). The Hall–Kier alpha value is -2.68. The number of carbonyl (C=O) groups is 3. The average molecular weight is 393 g/mol. The van der Waals surface area contributed by atoms with E-state index < -0.39 is 12.0 Å². The van der Waals surface area contributed by atoms with Crippen LogP contribution in [0.4, 0.5) is 5.69 Å². The number of thiocarbonyl (C=S) groups is 1. The van der Waals surface area contributed by atoms with Crippen molar-refractivity contribution in [2.24, 2.45) is 0 Å². The Morgan fingerprint density at radius 3 is 2.44 bits per heavy atom. The summed E-state index contributed by atoms with van der Waals surface area (Å²) in [6.07, 6.45) is -0.125. The molecular formula is C18H23N3O5S. The monoisotopic (exact) mass is 393 g/mol. The molecule has 1 unspecified atom stereocenters. The lowest BCUT2D eigenvalue weighted by Gasteiger charge is -2.22. The Labute approximate surface area is 163 Å². The zero-order valence-corrected chi connectivity index (χ0v) is 16.4. The Bertz CT molecular complexity index is 722. The number of anilines is 1. The van der Waals surface area contributed by atoms with Gasteiger partial charge in [-0.3, -0.25) is 19.3 Å². The van der Waals surface area contributed by atoms with Crippen LogP contribution < -0.4 is 10.1 Å². The van der Waals surface area contributed by atoms with Crippen LogP contribution in [0, 0.1) is 0 Å². The van der Waals surface area contributed by atoms with E-state index in [0.717, 1.165) is 0 Å². The number of hydrogen-bond acceptors (Lipinski definition) is 6. The molecule has 2 rings (SSSR count). The molecule has 0 bridgehead atoms. The summed E-state index contributed by atoms with van der Waals surface area (Å²) < 4.78 is 10.0. The van der Waals surface area contributed by atoms with Crippen LogP contribution in [0.5, 0.6) is 5.75 Å². The van der Waals surface area contributed by atoms with Gasteiger partial charge in [0.2, 0.25) is 5.91 Å². The molecule has 0 saturated carbocycles. The predicted molar refractivity (Wildman–Crippen MR) is 103 cm³/mol. The maximum absolute atomic E-state index is 12.6. The summed E-state index contributed by atoms with van der Waals surface area (Å²) in [7, 11) is 1.26. The van der Waals surface area contributed by atoms with Gasteiger partial charge in [0.25, 0.3) is 5.91 Å². The molecule has 1 aromatic carbocycles. The van der Waals surface area contributed by atoms with Crippen LogP contribution >= 0.6 is 12.2 Å². The van der Waals surface area contributed by atoms with Gasteiger partial charge in [-0.1, -0.05) is 0 Å². The van der Waals surface area contributed by atoms with Crippen molar-refractivity contribution in [3.05, 3.63) is 24.3 Å². The number of hydrogen-bond donors (Lipinski definition) is 1. The number of amides is 2. The quantitative estimate of drug-likeness (QED) is 0.528. The molecule has 2 amide bonds. The molecule has 1 aliphatic heterocycles. The average Bonchev–Trinajstić information content (AvgIpc) is 2.86. The van der Waals surface area contributed by atoms with Gasteiger partial charge in [-0.05, 0) is 50.3 Å². The van der Waals surface area contributed by atoms with E-state index in [1.165, 1.54) is 16.9 Å². The highest BCUT2D eigenvalue weighted by atomic mass is 32.1. The topological polar surface area (TPSA) is 88.2 Å². The summed E-state index contributed by atoms with van der Waals surface area (Å²) in [5.74, 6) is -0.476. The molecule has 1 heterocycles. The second kappa shape index (κ2) is 9.31.